The third kappa shape index (κ3) is 6.92. The fraction of sp³-hybridized carbons (Fsp3) is 0.438. The fourth-order valence-corrected chi connectivity index (χ4v) is 2.02. The van der Waals surface area contributed by atoms with Crippen molar-refractivity contribution in [3.8, 4) is 0 Å². The Morgan fingerprint density at radius 1 is 1.17 bits per heavy atom. The molecule has 0 radical (unpaired) electrons. The van der Waals surface area contributed by atoms with Gasteiger partial charge in [-0.05, 0) is 25.0 Å². The molecule has 0 bridgehead atoms. The van der Waals surface area contributed by atoms with Gasteiger partial charge in [0, 0.05) is 13.1 Å². The van der Waals surface area contributed by atoms with Crippen LogP contribution in [0.1, 0.15) is 18.1 Å². The Morgan fingerprint density at radius 2 is 1.87 bits per heavy atom. The van der Waals surface area contributed by atoms with E-state index in [9.17, 15) is 14.4 Å². The normalized spacial score (nSPS) is 10.3. The van der Waals surface area contributed by atoms with E-state index in [1.807, 2.05) is 31.2 Å². The molecule has 0 aromatic heterocycles. The minimum absolute atomic E-state index is 0.0341. The summed E-state index contributed by atoms with van der Waals surface area (Å²) in [4.78, 5) is 36.4. The van der Waals surface area contributed by atoms with E-state index >= 15 is 0 Å². The fourth-order valence-electron chi connectivity index (χ4n) is 2.02. The molecule has 0 atom stereocenters. The van der Waals surface area contributed by atoms with Crippen LogP contribution < -0.4 is 10.6 Å². The predicted octanol–water partition coefficient (Wildman–Crippen LogP) is 0.816. The summed E-state index contributed by atoms with van der Waals surface area (Å²) in [5.74, 6) is -0.919. The molecule has 0 unspecified atom stereocenters. The van der Waals surface area contributed by atoms with Gasteiger partial charge in [-0.15, -0.1) is 0 Å². The molecule has 0 aliphatic carbocycles. The average Bonchev–Trinajstić information content (AvgIpc) is 2.49. The van der Waals surface area contributed by atoms with Crippen LogP contribution in [-0.2, 0) is 20.9 Å². The Kier molecular flexibility index (Phi) is 7.76. The quantitative estimate of drug-likeness (QED) is 0.726. The maximum atomic E-state index is 11.9. The summed E-state index contributed by atoms with van der Waals surface area (Å²) in [5.41, 5.74) is 2.06. The van der Waals surface area contributed by atoms with E-state index in [1.54, 1.807) is 11.8 Å². The Bertz CT molecular complexity index is 560. The molecule has 0 fully saturated rings. The van der Waals surface area contributed by atoms with Gasteiger partial charge in [-0.1, -0.05) is 24.3 Å². The van der Waals surface area contributed by atoms with E-state index in [0.717, 1.165) is 11.1 Å². The molecule has 3 amide bonds. The third-order valence-electron chi connectivity index (χ3n) is 3.19. The highest BCUT2D eigenvalue weighted by molar-refractivity contribution is 5.95. The van der Waals surface area contributed by atoms with Crippen LogP contribution in [-0.4, -0.2) is 49.6 Å². The lowest BCUT2D eigenvalue weighted by atomic mass is 10.1. The number of esters is 1. The molecule has 1 aromatic rings. The molecule has 0 aliphatic heterocycles. The van der Waals surface area contributed by atoms with Crippen LogP contribution in [0.2, 0.25) is 0 Å². The lowest BCUT2D eigenvalue weighted by molar-refractivity contribution is -0.142. The van der Waals surface area contributed by atoms with Crippen LogP contribution in [0.3, 0.4) is 0 Å². The van der Waals surface area contributed by atoms with Crippen molar-refractivity contribution >= 4 is 17.9 Å². The maximum absolute atomic E-state index is 11.9. The number of ether oxygens (including phenoxy) is 1. The van der Waals surface area contributed by atoms with Crippen LogP contribution in [0.15, 0.2) is 24.3 Å². The lowest BCUT2D eigenvalue weighted by Crippen LogP contribution is -2.45. The van der Waals surface area contributed by atoms with Gasteiger partial charge >= 0.3 is 12.0 Å². The standard InChI is InChI=1S/C16H23N3O4/c1-4-17-16(22)18-14(20)10-19(11-15(21)23-3)9-13-8-6-5-7-12(13)2/h5-8H,4,9-11H2,1-3H3,(H2,17,18,20,22). The Labute approximate surface area is 136 Å². The highest BCUT2D eigenvalue weighted by Crippen LogP contribution is 2.10. The molecular formula is C16H23N3O4. The van der Waals surface area contributed by atoms with Crippen molar-refractivity contribution in [3.63, 3.8) is 0 Å². The first kappa shape index (κ1) is 18.6. The monoisotopic (exact) mass is 321 g/mol. The molecule has 7 heteroatoms. The Balaban J connectivity index is 2.72. The minimum atomic E-state index is -0.550. The van der Waals surface area contributed by atoms with Gasteiger partial charge in [-0.25, -0.2) is 4.79 Å². The van der Waals surface area contributed by atoms with E-state index in [0.29, 0.717) is 13.1 Å². The summed E-state index contributed by atoms with van der Waals surface area (Å²) in [6, 6.07) is 7.16. The predicted molar refractivity (Wildman–Crippen MR) is 85.7 cm³/mol. The van der Waals surface area contributed by atoms with Crippen LogP contribution >= 0.6 is 0 Å². The number of imide groups is 1. The summed E-state index contributed by atoms with van der Waals surface area (Å²) in [6.07, 6.45) is 0. The molecular weight excluding hydrogens is 298 g/mol. The SMILES string of the molecule is CCNC(=O)NC(=O)CN(CC(=O)OC)Cc1ccccc1C. The number of hydrogen-bond acceptors (Lipinski definition) is 5. The maximum Gasteiger partial charge on any atom is 0.321 e. The number of benzene rings is 1. The minimum Gasteiger partial charge on any atom is -0.468 e. The van der Waals surface area contributed by atoms with E-state index in [1.165, 1.54) is 7.11 Å². The van der Waals surface area contributed by atoms with Gasteiger partial charge < -0.3 is 10.1 Å². The van der Waals surface area contributed by atoms with Gasteiger partial charge in [0.2, 0.25) is 5.91 Å². The molecule has 0 heterocycles. The van der Waals surface area contributed by atoms with Gasteiger partial charge in [0.05, 0.1) is 20.2 Å². The molecule has 0 aliphatic rings. The Hall–Kier alpha value is -2.41. The smallest absolute Gasteiger partial charge is 0.321 e. The summed E-state index contributed by atoms with van der Waals surface area (Å²) >= 11 is 0. The number of amides is 3. The van der Waals surface area contributed by atoms with E-state index in [4.69, 9.17) is 0 Å². The van der Waals surface area contributed by atoms with Gasteiger partial charge in [-0.2, -0.15) is 0 Å². The number of rotatable bonds is 7. The van der Waals surface area contributed by atoms with Crippen molar-refractivity contribution in [1.29, 1.82) is 0 Å². The highest BCUT2D eigenvalue weighted by Gasteiger charge is 2.17. The van der Waals surface area contributed by atoms with Crippen molar-refractivity contribution in [2.45, 2.75) is 20.4 Å². The number of nitrogens with one attached hydrogen (secondary N) is 2. The summed E-state index contributed by atoms with van der Waals surface area (Å²) in [5, 5.41) is 4.70. The van der Waals surface area contributed by atoms with Crippen LogP contribution in [0.4, 0.5) is 4.79 Å². The van der Waals surface area contributed by atoms with Crippen LogP contribution in [0, 0.1) is 6.92 Å². The lowest BCUT2D eigenvalue weighted by Gasteiger charge is -2.21. The number of aryl methyl sites for hydroxylation is 1. The number of methoxy groups -OCH3 is 1. The number of nitrogens with zero attached hydrogens (tertiary/aromatic N) is 1. The topological polar surface area (TPSA) is 87.7 Å². The molecule has 0 saturated carbocycles. The molecule has 2 N–H and O–H groups in total. The summed E-state index contributed by atoms with van der Waals surface area (Å²) < 4.78 is 4.66. The van der Waals surface area contributed by atoms with Gasteiger partial charge in [0.1, 0.15) is 0 Å². The highest BCUT2D eigenvalue weighted by atomic mass is 16.5. The van der Waals surface area contributed by atoms with Gasteiger partial charge in [-0.3, -0.25) is 19.8 Å². The van der Waals surface area contributed by atoms with Crippen molar-refractivity contribution in [2.24, 2.45) is 0 Å². The summed E-state index contributed by atoms with van der Waals surface area (Å²) in [6.45, 7) is 4.43. The van der Waals surface area contributed by atoms with Crippen molar-refractivity contribution in [3.05, 3.63) is 35.4 Å². The van der Waals surface area contributed by atoms with E-state index < -0.39 is 17.9 Å². The number of carbonyl (C=O) groups is 3. The van der Waals surface area contributed by atoms with Crippen molar-refractivity contribution < 1.29 is 19.1 Å². The second kappa shape index (κ2) is 9.58. The van der Waals surface area contributed by atoms with Crippen LogP contribution in [0.5, 0.6) is 0 Å². The third-order valence-corrected chi connectivity index (χ3v) is 3.19. The average molecular weight is 321 g/mol. The number of carbonyl (C=O) groups excluding carboxylic acids is 3. The van der Waals surface area contributed by atoms with Gasteiger partial charge in [0.25, 0.3) is 0 Å². The number of urea groups is 1. The summed E-state index contributed by atoms with van der Waals surface area (Å²) in [7, 11) is 1.29. The second-order valence-electron chi connectivity index (χ2n) is 5.06. The zero-order chi connectivity index (χ0) is 17.2. The van der Waals surface area contributed by atoms with Crippen molar-refractivity contribution in [1.82, 2.24) is 15.5 Å². The first-order valence-corrected chi connectivity index (χ1v) is 7.37. The zero-order valence-electron chi connectivity index (χ0n) is 13.7. The second-order valence-corrected chi connectivity index (χ2v) is 5.06. The number of hydrogen-bond donors (Lipinski definition) is 2. The van der Waals surface area contributed by atoms with E-state index in [2.05, 4.69) is 15.4 Å². The molecule has 23 heavy (non-hydrogen) atoms. The first-order chi connectivity index (χ1) is 11.0. The molecule has 1 aromatic carbocycles. The molecule has 126 valence electrons. The van der Waals surface area contributed by atoms with E-state index in [-0.39, 0.29) is 13.1 Å². The van der Waals surface area contributed by atoms with Crippen LogP contribution in [0.25, 0.3) is 0 Å². The molecule has 0 spiro atoms. The molecule has 7 nitrogen and oxygen atoms in total. The van der Waals surface area contributed by atoms with Gasteiger partial charge in [0.15, 0.2) is 0 Å². The van der Waals surface area contributed by atoms with Crippen molar-refractivity contribution in [2.75, 3.05) is 26.7 Å². The first-order valence-electron chi connectivity index (χ1n) is 7.37. The zero-order valence-corrected chi connectivity index (χ0v) is 13.7. The largest absolute Gasteiger partial charge is 0.468 e. The Morgan fingerprint density at radius 3 is 2.48 bits per heavy atom. The molecule has 1 rings (SSSR count). The molecule has 0 saturated heterocycles.